The predicted molar refractivity (Wildman–Crippen MR) is 71.8 cm³/mol. The highest BCUT2D eigenvalue weighted by atomic mass is 32.2. The highest BCUT2D eigenvalue weighted by molar-refractivity contribution is 7.94. The van der Waals surface area contributed by atoms with Crippen molar-refractivity contribution in [2.24, 2.45) is 16.6 Å². The van der Waals surface area contributed by atoms with E-state index < -0.39 is 32.7 Å². The van der Waals surface area contributed by atoms with E-state index in [1.54, 1.807) is 27.7 Å². The number of sulfone groups is 1. The predicted octanol–water partition coefficient (Wildman–Crippen LogP) is 1.40. The minimum atomic E-state index is -3.32. The summed E-state index contributed by atoms with van der Waals surface area (Å²) in [7, 11) is -3.32. The Hall–Kier alpha value is -0.880. The first-order valence-corrected chi connectivity index (χ1v) is 7.38. The molecule has 0 bridgehead atoms. The molecule has 0 radical (unpaired) electrons. The van der Waals surface area contributed by atoms with Gasteiger partial charge in [0.15, 0.2) is 9.84 Å². The number of rotatable bonds is 7. The second-order valence-corrected chi connectivity index (χ2v) is 8.07. The molecule has 0 aliphatic heterocycles. The van der Waals surface area contributed by atoms with Crippen molar-refractivity contribution in [1.29, 1.82) is 0 Å². The fraction of sp³-hybridized carbons (Fsp3) is 0.750. The maximum absolute atomic E-state index is 11.5. The molecule has 18 heavy (non-hydrogen) atoms. The lowest BCUT2D eigenvalue weighted by Gasteiger charge is -2.36. The van der Waals surface area contributed by atoms with Crippen LogP contribution in [0.15, 0.2) is 12.0 Å². The third-order valence-corrected chi connectivity index (χ3v) is 4.58. The Morgan fingerprint density at radius 3 is 2.17 bits per heavy atom. The quantitative estimate of drug-likeness (QED) is 0.733. The van der Waals surface area contributed by atoms with Gasteiger partial charge in [0.25, 0.3) is 0 Å². The van der Waals surface area contributed by atoms with Gasteiger partial charge in [0.2, 0.25) is 0 Å². The van der Waals surface area contributed by atoms with Gasteiger partial charge in [-0.2, -0.15) is 0 Å². The molecule has 0 saturated carbocycles. The molecule has 6 heteroatoms. The van der Waals surface area contributed by atoms with Crippen LogP contribution in [0.3, 0.4) is 0 Å². The average Bonchev–Trinajstić information content (AvgIpc) is 2.12. The molecule has 5 nitrogen and oxygen atoms in total. The molecule has 3 N–H and O–H groups in total. The first kappa shape index (κ1) is 17.1. The summed E-state index contributed by atoms with van der Waals surface area (Å²) in [6, 6.07) is -1.02. The maximum atomic E-state index is 11.5. The van der Waals surface area contributed by atoms with E-state index in [0.717, 1.165) is 5.41 Å². The van der Waals surface area contributed by atoms with Gasteiger partial charge in [-0.1, -0.05) is 34.3 Å². The van der Waals surface area contributed by atoms with Crippen molar-refractivity contribution in [1.82, 2.24) is 0 Å². The van der Waals surface area contributed by atoms with E-state index in [2.05, 4.69) is 6.58 Å². The van der Waals surface area contributed by atoms with Crippen molar-refractivity contribution < 1.29 is 18.3 Å². The van der Waals surface area contributed by atoms with Crippen LogP contribution in [-0.2, 0) is 14.6 Å². The van der Waals surface area contributed by atoms with Crippen LogP contribution in [0.5, 0.6) is 0 Å². The van der Waals surface area contributed by atoms with Crippen LogP contribution in [0, 0.1) is 10.8 Å². The summed E-state index contributed by atoms with van der Waals surface area (Å²) in [5.74, 6) is -1.15. The lowest BCUT2D eigenvalue weighted by atomic mass is 9.72. The van der Waals surface area contributed by atoms with Gasteiger partial charge in [0, 0.05) is 5.41 Å². The molecule has 0 fully saturated rings. The van der Waals surface area contributed by atoms with Gasteiger partial charge in [-0.25, -0.2) is 8.42 Å². The molecule has 0 amide bonds. The molecule has 0 aromatic heterocycles. The van der Waals surface area contributed by atoms with Crippen LogP contribution in [0.25, 0.3) is 0 Å². The fourth-order valence-electron chi connectivity index (χ4n) is 2.33. The molecule has 1 atom stereocenters. The topological polar surface area (TPSA) is 97.5 Å². The van der Waals surface area contributed by atoms with Crippen molar-refractivity contribution in [3.8, 4) is 0 Å². The second kappa shape index (κ2) is 5.40. The number of carboxylic acids is 1. The number of carbonyl (C=O) groups is 1. The second-order valence-electron chi connectivity index (χ2n) is 6.12. The van der Waals surface area contributed by atoms with Crippen molar-refractivity contribution >= 4 is 15.8 Å². The van der Waals surface area contributed by atoms with Gasteiger partial charge in [-0.15, -0.1) is 0 Å². The van der Waals surface area contributed by atoms with Gasteiger partial charge in [0.05, 0.1) is 5.75 Å². The summed E-state index contributed by atoms with van der Waals surface area (Å²) < 4.78 is 23.1. The maximum Gasteiger partial charge on any atom is 0.321 e. The minimum Gasteiger partial charge on any atom is -0.480 e. The van der Waals surface area contributed by atoms with E-state index >= 15 is 0 Å². The van der Waals surface area contributed by atoms with Crippen molar-refractivity contribution in [3.05, 3.63) is 12.0 Å². The summed E-state index contributed by atoms with van der Waals surface area (Å²) in [6.07, 6.45) is 0.389. The lowest BCUT2D eigenvalue weighted by Crippen LogP contribution is -2.46. The van der Waals surface area contributed by atoms with Gasteiger partial charge in [0.1, 0.15) is 6.04 Å². The Morgan fingerprint density at radius 1 is 1.39 bits per heavy atom. The van der Waals surface area contributed by atoms with Crippen molar-refractivity contribution in [2.75, 3.05) is 5.75 Å². The van der Waals surface area contributed by atoms with Crippen LogP contribution in [-0.4, -0.2) is 31.3 Å². The van der Waals surface area contributed by atoms with Crippen LogP contribution < -0.4 is 5.73 Å². The molecular weight excluding hydrogens is 254 g/mol. The zero-order valence-electron chi connectivity index (χ0n) is 11.4. The average molecular weight is 277 g/mol. The smallest absolute Gasteiger partial charge is 0.321 e. The summed E-state index contributed by atoms with van der Waals surface area (Å²) in [4.78, 5) is 10.9. The van der Waals surface area contributed by atoms with Crippen LogP contribution in [0.2, 0.25) is 0 Å². The standard InChI is InChI=1S/C12H23NO4S/c1-6-18(16,17)8-11(2,3)7-12(4,5)9(13)10(14)15/h6,9H,1,7-8,13H2,2-5H3,(H,14,15)/t9-/m1/s1. The third kappa shape index (κ3) is 5.18. The SMILES string of the molecule is C=CS(=O)(=O)CC(C)(C)CC(C)(C)[C@H](N)C(=O)O. The highest BCUT2D eigenvalue weighted by Gasteiger charge is 2.38. The van der Waals surface area contributed by atoms with E-state index in [-0.39, 0.29) is 5.75 Å². The summed E-state index contributed by atoms with van der Waals surface area (Å²) in [6.45, 7) is 10.3. The molecule has 0 aromatic rings. The third-order valence-electron chi connectivity index (χ3n) is 2.89. The Morgan fingerprint density at radius 2 is 1.83 bits per heavy atom. The normalized spacial score (nSPS) is 15.2. The number of aliphatic carboxylic acids is 1. The molecule has 0 spiro atoms. The van der Waals surface area contributed by atoms with Crippen LogP contribution >= 0.6 is 0 Å². The Labute approximate surface area is 109 Å². The molecule has 0 heterocycles. The molecule has 0 aliphatic carbocycles. The molecule has 106 valence electrons. The Kier molecular flexibility index (Phi) is 5.14. The summed E-state index contributed by atoms with van der Waals surface area (Å²) in [5.41, 5.74) is 4.37. The summed E-state index contributed by atoms with van der Waals surface area (Å²) in [5, 5.41) is 9.86. The summed E-state index contributed by atoms with van der Waals surface area (Å²) >= 11 is 0. The van der Waals surface area contributed by atoms with Crippen LogP contribution in [0.4, 0.5) is 0 Å². The fourth-order valence-corrected chi connectivity index (χ4v) is 3.64. The lowest BCUT2D eigenvalue weighted by molar-refractivity contribution is -0.141. The molecule has 0 aliphatic rings. The highest BCUT2D eigenvalue weighted by Crippen LogP contribution is 2.36. The van der Waals surface area contributed by atoms with Gasteiger partial charge in [-0.05, 0) is 17.3 Å². The Bertz CT molecular complexity index is 423. The number of hydrogen-bond acceptors (Lipinski definition) is 4. The van der Waals surface area contributed by atoms with E-state index in [4.69, 9.17) is 10.8 Å². The van der Waals surface area contributed by atoms with Gasteiger partial charge < -0.3 is 10.8 Å². The van der Waals surface area contributed by atoms with E-state index in [9.17, 15) is 13.2 Å². The van der Waals surface area contributed by atoms with Gasteiger partial charge >= 0.3 is 5.97 Å². The minimum absolute atomic E-state index is 0.0702. The van der Waals surface area contributed by atoms with Crippen LogP contribution in [0.1, 0.15) is 34.1 Å². The Balaban J connectivity index is 4.97. The first-order valence-electron chi connectivity index (χ1n) is 5.67. The first-order chi connectivity index (χ1) is 7.83. The number of hydrogen-bond donors (Lipinski definition) is 2. The molecule has 0 saturated heterocycles. The number of nitrogens with two attached hydrogens (primary N) is 1. The largest absolute Gasteiger partial charge is 0.480 e. The van der Waals surface area contributed by atoms with E-state index in [1.165, 1.54) is 0 Å². The zero-order chi connectivity index (χ0) is 14.8. The monoisotopic (exact) mass is 277 g/mol. The molecule has 0 unspecified atom stereocenters. The molecule has 0 rings (SSSR count). The van der Waals surface area contributed by atoms with E-state index in [1.807, 2.05) is 0 Å². The van der Waals surface area contributed by atoms with Crippen molar-refractivity contribution in [3.63, 3.8) is 0 Å². The molecule has 0 aromatic carbocycles. The van der Waals surface area contributed by atoms with Crippen molar-refractivity contribution in [2.45, 2.75) is 40.2 Å². The van der Waals surface area contributed by atoms with Gasteiger partial charge in [-0.3, -0.25) is 4.79 Å². The van der Waals surface area contributed by atoms with E-state index in [0.29, 0.717) is 6.42 Å². The zero-order valence-corrected chi connectivity index (χ0v) is 12.3. The number of carboxylic acid groups (broad SMARTS) is 1. The molecular formula is C12H23NO4S.